The molecule has 1 aromatic rings. The van der Waals surface area contributed by atoms with E-state index >= 15 is 0 Å². The standard InChI is InChI=1S/C15H20O/c1-2-3-8-15(16)10-13-12-7-5-4-6-11(12)9-14(13)15/h4-7,13-14,16H,2-3,8-10H2,1H3. The molecule has 0 aromatic heterocycles. The fourth-order valence-corrected chi connectivity index (χ4v) is 3.64. The van der Waals surface area contributed by atoms with Gasteiger partial charge in [-0.05, 0) is 42.2 Å². The first-order valence-electron chi connectivity index (χ1n) is 6.55. The second-order valence-corrected chi connectivity index (χ2v) is 5.53. The Morgan fingerprint density at radius 1 is 1.38 bits per heavy atom. The molecule has 0 aliphatic heterocycles. The van der Waals surface area contributed by atoms with Gasteiger partial charge in [0.05, 0.1) is 5.60 Å². The second kappa shape index (κ2) is 3.59. The Labute approximate surface area is 97.5 Å². The van der Waals surface area contributed by atoms with Crippen LogP contribution in [0.25, 0.3) is 0 Å². The van der Waals surface area contributed by atoms with Gasteiger partial charge in [-0.2, -0.15) is 0 Å². The third-order valence-corrected chi connectivity index (χ3v) is 4.61. The third kappa shape index (κ3) is 1.34. The molecule has 0 heterocycles. The molecule has 0 radical (unpaired) electrons. The van der Waals surface area contributed by atoms with E-state index in [2.05, 4.69) is 31.2 Å². The summed E-state index contributed by atoms with van der Waals surface area (Å²) >= 11 is 0. The highest BCUT2D eigenvalue weighted by molar-refractivity contribution is 5.41. The van der Waals surface area contributed by atoms with Crippen molar-refractivity contribution in [1.82, 2.24) is 0 Å². The lowest BCUT2D eigenvalue weighted by molar-refractivity contribution is -0.111. The lowest BCUT2D eigenvalue weighted by atomic mass is 9.60. The van der Waals surface area contributed by atoms with Gasteiger partial charge in [-0.1, -0.05) is 44.0 Å². The third-order valence-electron chi connectivity index (χ3n) is 4.61. The van der Waals surface area contributed by atoms with Crippen LogP contribution in [0.15, 0.2) is 24.3 Å². The second-order valence-electron chi connectivity index (χ2n) is 5.53. The topological polar surface area (TPSA) is 20.2 Å². The summed E-state index contributed by atoms with van der Waals surface area (Å²) in [5, 5.41) is 10.6. The number of aliphatic hydroxyl groups is 1. The molecule has 0 spiro atoms. The van der Waals surface area contributed by atoms with E-state index in [-0.39, 0.29) is 5.60 Å². The van der Waals surface area contributed by atoms with Crippen LogP contribution in [0.2, 0.25) is 0 Å². The molecule has 0 amide bonds. The van der Waals surface area contributed by atoms with E-state index in [4.69, 9.17) is 0 Å². The van der Waals surface area contributed by atoms with Gasteiger partial charge in [-0.15, -0.1) is 0 Å². The molecule has 1 heteroatoms. The first kappa shape index (κ1) is 10.3. The van der Waals surface area contributed by atoms with Gasteiger partial charge in [0.1, 0.15) is 0 Å². The van der Waals surface area contributed by atoms with Gasteiger partial charge >= 0.3 is 0 Å². The molecule has 86 valence electrons. The smallest absolute Gasteiger partial charge is 0.0690 e. The fraction of sp³-hybridized carbons (Fsp3) is 0.600. The van der Waals surface area contributed by atoms with Crippen molar-refractivity contribution in [2.75, 3.05) is 0 Å². The molecule has 16 heavy (non-hydrogen) atoms. The molecular formula is C15H20O. The van der Waals surface area contributed by atoms with Crippen LogP contribution < -0.4 is 0 Å². The molecule has 2 aliphatic rings. The van der Waals surface area contributed by atoms with E-state index in [0.29, 0.717) is 11.8 Å². The monoisotopic (exact) mass is 216 g/mol. The van der Waals surface area contributed by atoms with Gasteiger partial charge in [-0.3, -0.25) is 0 Å². The van der Waals surface area contributed by atoms with Gasteiger partial charge in [0.15, 0.2) is 0 Å². The quantitative estimate of drug-likeness (QED) is 0.822. The van der Waals surface area contributed by atoms with Gasteiger partial charge < -0.3 is 5.11 Å². The van der Waals surface area contributed by atoms with Crippen LogP contribution in [0.3, 0.4) is 0 Å². The van der Waals surface area contributed by atoms with E-state index in [9.17, 15) is 5.11 Å². The van der Waals surface area contributed by atoms with Crippen LogP contribution >= 0.6 is 0 Å². The lowest BCUT2D eigenvalue weighted by Gasteiger charge is -2.49. The van der Waals surface area contributed by atoms with Gasteiger partial charge in [-0.25, -0.2) is 0 Å². The van der Waals surface area contributed by atoms with Crippen molar-refractivity contribution in [3.8, 4) is 0 Å². The molecule has 2 aliphatic carbocycles. The van der Waals surface area contributed by atoms with E-state index in [1.807, 2.05) is 0 Å². The average molecular weight is 216 g/mol. The van der Waals surface area contributed by atoms with Crippen LogP contribution in [0.5, 0.6) is 0 Å². The van der Waals surface area contributed by atoms with Crippen LogP contribution in [0, 0.1) is 5.92 Å². The SMILES string of the molecule is CCCCC1(O)CC2c3ccccc3CC21. The zero-order chi connectivity index (χ0) is 11.2. The van der Waals surface area contributed by atoms with Crippen molar-refractivity contribution < 1.29 is 5.11 Å². The number of hydrogen-bond acceptors (Lipinski definition) is 1. The largest absolute Gasteiger partial charge is 0.390 e. The maximum absolute atomic E-state index is 10.6. The van der Waals surface area contributed by atoms with Gasteiger partial charge in [0.25, 0.3) is 0 Å². The minimum Gasteiger partial charge on any atom is -0.390 e. The predicted octanol–water partition coefficient (Wildman–Crippen LogP) is 3.27. The highest BCUT2D eigenvalue weighted by Crippen LogP contribution is 2.58. The molecule has 0 bridgehead atoms. The van der Waals surface area contributed by atoms with Gasteiger partial charge in [0, 0.05) is 0 Å². The summed E-state index contributed by atoms with van der Waals surface area (Å²) in [5.41, 5.74) is 2.64. The number of rotatable bonds is 3. The number of fused-ring (bicyclic) bond motifs is 3. The molecule has 1 aromatic carbocycles. The molecule has 1 N–H and O–H groups in total. The Hall–Kier alpha value is -0.820. The van der Waals surface area contributed by atoms with E-state index in [0.717, 1.165) is 25.7 Å². The normalized spacial score (nSPS) is 35.4. The highest BCUT2D eigenvalue weighted by atomic mass is 16.3. The lowest BCUT2D eigenvalue weighted by Crippen LogP contribution is -2.51. The van der Waals surface area contributed by atoms with E-state index in [1.165, 1.54) is 17.5 Å². The Kier molecular flexibility index (Phi) is 2.32. The molecule has 0 saturated heterocycles. The van der Waals surface area contributed by atoms with Crippen molar-refractivity contribution in [1.29, 1.82) is 0 Å². The summed E-state index contributed by atoms with van der Waals surface area (Å²) in [5.74, 6) is 1.16. The van der Waals surface area contributed by atoms with Crippen LogP contribution in [0.1, 0.15) is 49.7 Å². The van der Waals surface area contributed by atoms with Crippen molar-refractivity contribution >= 4 is 0 Å². The molecule has 1 saturated carbocycles. The van der Waals surface area contributed by atoms with Crippen LogP contribution in [0.4, 0.5) is 0 Å². The summed E-state index contributed by atoms with van der Waals surface area (Å²) in [6, 6.07) is 8.73. The van der Waals surface area contributed by atoms with E-state index in [1.54, 1.807) is 0 Å². The number of unbranched alkanes of at least 4 members (excludes halogenated alkanes) is 1. The van der Waals surface area contributed by atoms with Crippen molar-refractivity contribution in [2.45, 2.75) is 50.5 Å². The molecule has 3 atom stereocenters. The van der Waals surface area contributed by atoms with E-state index < -0.39 is 0 Å². The summed E-state index contributed by atoms with van der Waals surface area (Å²) in [6.45, 7) is 2.20. The first-order valence-corrected chi connectivity index (χ1v) is 6.55. The number of hydrogen-bond donors (Lipinski definition) is 1. The molecule has 1 nitrogen and oxygen atoms in total. The zero-order valence-electron chi connectivity index (χ0n) is 9.95. The summed E-state index contributed by atoms with van der Waals surface area (Å²) in [6.07, 6.45) is 5.44. The van der Waals surface area contributed by atoms with Crippen molar-refractivity contribution in [3.63, 3.8) is 0 Å². The summed E-state index contributed by atoms with van der Waals surface area (Å²) < 4.78 is 0. The Bertz CT molecular complexity index is 398. The Balaban J connectivity index is 1.78. The molecule has 1 fully saturated rings. The molecule has 3 unspecified atom stereocenters. The Morgan fingerprint density at radius 3 is 3.00 bits per heavy atom. The number of benzene rings is 1. The fourth-order valence-electron chi connectivity index (χ4n) is 3.64. The molecule has 3 rings (SSSR count). The maximum Gasteiger partial charge on any atom is 0.0690 e. The van der Waals surface area contributed by atoms with Gasteiger partial charge in [0.2, 0.25) is 0 Å². The average Bonchev–Trinajstić information content (AvgIpc) is 2.61. The zero-order valence-corrected chi connectivity index (χ0v) is 9.95. The Morgan fingerprint density at radius 2 is 2.19 bits per heavy atom. The van der Waals surface area contributed by atoms with Crippen LogP contribution in [-0.4, -0.2) is 10.7 Å². The van der Waals surface area contributed by atoms with Crippen molar-refractivity contribution in [2.24, 2.45) is 5.92 Å². The summed E-state index contributed by atoms with van der Waals surface area (Å²) in [4.78, 5) is 0. The highest BCUT2D eigenvalue weighted by Gasteiger charge is 2.55. The maximum atomic E-state index is 10.6. The summed E-state index contributed by atoms with van der Waals surface area (Å²) in [7, 11) is 0. The van der Waals surface area contributed by atoms with Crippen molar-refractivity contribution in [3.05, 3.63) is 35.4 Å². The minimum atomic E-state index is -0.348. The first-order chi connectivity index (χ1) is 7.74. The minimum absolute atomic E-state index is 0.348. The van der Waals surface area contributed by atoms with Crippen LogP contribution in [-0.2, 0) is 6.42 Å². The molecular weight excluding hydrogens is 196 g/mol. The predicted molar refractivity (Wildman–Crippen MR) is 65.5 cm³/mol.